The number of hydrogen-bond donors (Lipinski definition) is 1. The van der Waals surface area contributed by atoms with Gasteiger partial charge in [0.15, 0.2) is 0 Å². The lowest BCUT2D eigenvalue weighted by Crippen LogP contribution is -2.44. The molecule has 2 aromatic carbocycles. The molecule has 0 spiro atoms. The molecule has 0 aliphatic carbocycles. The number of aryl methyl sites for hydroxylation is 1. The lowest BCUT2D eigenvalue weighted by Gasteiger charge is -2.34. The number of piperazine rings is 1. The third-order valence-electron chi connectivity index (χ3n) is 6.13. The average molecular weight is 485 g/mol. The summed E-state index contributed by atoms with van der Waals surface area (Å²) < 4.78 is 1.50. The Bertz CT molecular complexity index is 1480. The van der Waals surface area contributed by atoms with Crippen molar-refractivity contribution < 1.29 is 0 Å². The number of anilines is 3. The van der Waals surface area contributed by atoms with Crippen molar-refractivity contribution in [2.45, 2.75) is 0 Å². The summed E-state index contributed by atoms with van der Waals surface area (Å²) in [6.45, 7) is 4.18. The van der Waals surface area contributed by atoms with Crippen molar-refractivity contribution in [3.8, 4) is 11.8 Å². The van der Waals surface area contributed by atoms with E-state index in [1.54, 1.807) is 31.4 Å². The molecular formula is C27H25ClN6O. The molecule has 8 heteroatoms. The van der Waals surface area contributed by atoms with Crippen molar-refractivity contribution in [1.29, 1.82) is 0 Å². The van der Waals surface area contributed by atoms with E-state index in [1.165, 1.54) is 10.3 Å². The quantitative estimate of drug-likeness (QED) is 0.445. The zero-order valence-corrected chi connectivity index (χ0v) is 20.4. The van der Waals surface area contributed by atoms with Crippen LogP contribution in [0.4, 0.5) is 17.3 Å². The lowest BCUT2D eigenvalue weighted by atomic mass is 10.2. The molecule has 1 saturated heterocycles. The molecule has 0 amide bonds. The second kappa shape index (κ2) is 9.79. The third-order valence-corrected chi connectivity index (χ3v) is 6.38. The Labute approximate surface area is 209 Å². The summed E-state index contributed by atoms with van der Waals surface area (Å²) in [5, 5.41) is 4.63. The predicted octanol–water partition coefficient (Wildman–Crippen LogP) is 3.88. The Morgan fingerprint density at radius 2 is 1.66 bits per heavy atom. The Balaban J connectivity index is 1.36. The van der Waals surface area contributed by atoms with Crippen LogP contribution in [0.2, 0.25) is 5.02 Å². The van der Waals surface area contributed by atoms with Crippen molar-refractivity contribution in [3.05, 3.63) is 87.3 Å². The van der Waals surface area contributed by atoms with Crippen molar-refractivity contribution in [1.82, 2.24) is 19.4 Å². The Hall–Kier alpha value is -3.86. The zero-order chi connectivity index (χ0) is 24.4. The molecule has 4 aromatic rings. The molecule has 1 aliphatic heterocycles. The van der Waals surface area contributed by atoms with Crippen molar-refractivity contribution in [2.75, 3.05) is 43.4 Å². The van der Waals surface area contributed by atoms with Crippen molar-refractivity contribution >= 4 is 40.0 Å². The maximum atomic E-state index is 12.9. The Kier molecular flexibility index (Phi) is 6.41. The van der Waals surface area contributed by atoms with E-state index in [-0.39, 0.29) is 5.56 Å². The minimum atomic E-state index is -0.208. The van der Waals surface area contributed by atoms with Gasteiger partial charge in [0.1, 0.15) is 5.65 Å². The third kappa shape index (κ3) is 5.14. The molecule has 3 heterocycles. The summed E-state index contributed by atoms with van der Waals surface area (Å²) in [7, 11) is 3.85. The van der Waals surface area contributed by atoms with Crippen LogP contribution >= 0.6 is 11.6 Å². The van der Waals surface area contributed by atoms with Gasteiger partial charge in [-0.25, -0.2) is 4.98 Å². The summed E-state index contributed by atoms with van der Waals surface area (Å²) in [4.78, 5) is 26.6. The number of nitrogens with zero attached hydrogens (tertiary/aromatic N) is 5. The van der Waals surface area contributed by atoms with E-state index in [0.29, 0.717) is 22.2 Å². The van der Waals surface area contributed by atoms with Gasteiger partial charge in [0.05, 0.1) is 5.56 Å². The second-order valence-corrected chi connectivity index (χ2v) is 9.05. The Morgan fingerprint density at radius 1 is 0.943 bits per heavy atom. The molecule has 35 heavy (non-hydrogen) atoms. The fraction of sp³-hybridized carbons (Fsp3) is 0.222. The van der Waals surface area contributed by atoms with Crippen LogP contribution < -0.4 is 15.8 Å². The molecule has 176 valence electrons. The number of rotatable bonds is 3. The van der Waals surface area contributed by atoms with E-state index in [9.17, 15) is 4.79 Å². The molecule has 0 bridgehead atoms. The van der Waals surface area contributed by atoms with Crippen molar-refractivity contribution in [3.63, 3.8) is 0 Å². The van der Waals surface area contributed by atoms with Crippen LogP contribution in [0.3, 0.4) is 0 Å². The molecule has 1 aliphatic rings. The molecule has 0 saturated carbocycles. The summed E-state index contributed by atoms with van der Waals surface area (Å²) in [5.74, 6) is 6.41. The summed E-state index contributed by atoms with van der Waals surface area (Å²) in [6, 6.07) is 17.2. The van der Waals surface area contributed by atoms with Crippen LogP contribution in [-0.2, 0) is 7.05 Å². The molecule has 0 atom stereocenters. The average Bonchev–Trinajstić information content (AvgIpc) is 2.88. The first-order valence-corrected chi connectivity index (χ1v) is 11.8. The Morgan fingerprint density at radius 3 is 2.37 bits per heavy atom. The fourth-order valence-corrected chi connectivity index (χ4v) is 4.14. The highest BCUT2D eigenvalue weighted by Crippen LogP contribution is 2.22. The van der Waals surface area contributed by atoms with Gasteiger partial charge in [-0.3, -0.25) is 9.36 Å². The minimum Gasteiger partial charge on any atom is -0.369 e. The molecule has 2 aromatic heterocycles. The number of aromatic nitrogens is 3. The van der Waals surface area contributed by atoms with Gasteiger partial charge in [0, 0.05) is 66.8 Å². The van der Waals surface area contributed by atoms with Crippen LogP contribution in [0.15, 0.2) is 65.6 Å². The van der Waals surface area contributed by atoms with Crippen LogP contribution in [0.1, 0.15) is 11.1 Å². The van der Waals surface area contributed by atoms with Crippen LogP contribution in [0.25, 0.3) is 11.0 Å². The number of pyridine rings is 1. The van der Waals surface area contributed by atoms with Crippen LogP contribution in [0.5, 0.6) is 0 Å². The highest BCUT2D eigenvalue weighted by atomic mass is 35.5. The van der Waals surface area contributed by atoms with Gasteiger partial charge in [-0.2, -0.15) is 4.98 Å². The lowest BCUT2D eigenvalue weighted by molar-refractivity contribution is 0.313. The first kappa shape index (κ1) is 22.9. The molecule has 0 radical (unpaired) electrons. The number of fused-ring (bicyclic) bond motifs is 1. The topological polar surface area (TPSA) is 66.3 Å². The first-order chi connectivity index (χ1) is 17.0. The van der Waals surface area contributed by atoms with Crippen molar-refractivity contribution in [2.24, 2.45) is 7.05 Å². The molecule has 1 N–H and O–H groups in total. The van der Waals surface area contributed by atoms with E-state index in [2.05, 4.69) is 56.1 Å². The summed E-state index contributed by atoms with van der Waals surface area (Å²) in [6.07, 6.45) is 1.70. The van der Waals surface area contributed by atoms with E-state index in [4.69, 9.17) is 11.6 Å². The number of benzene rings is 2. The van der Waals surface area contributed by atoms with Gasteiger partial charge in [-0.05, 0) is 61.6 Å². The molecule has 0 unspecified atom stereocenters. The molecular weight excluding hydrogens is 460 g/mol. The largest absolute Gasteiger partial charge is 0.369 e. The maximum Gasteiger partial charge on any atom is 0.267 e. The van der Waals surface area contributed by atoms with E-state index < -0.39 is 0 Å². The highest BCUT2D eigenvalue weighted by Gasteiger charge is 2.14. The molecule has 7 nitrogen and oxygen atoms in total. The number of likely N-dealkylation sites (N-methyl/N-ethyl adjacent to an activating group) is 1. The highest BCUT2D eigenvalue weighted by molar-refractivity contribution is 6.30. The first-order valence-electron chi connectivity index (χ1n) is 11.4. The van der Waals surface area contributed by atoms with Gasteiger partial charge in [0.2, 0.25) is 5.95 Å². The summed E-state index contributed by atoms with van der Waals surface area (Å²) in [5.41, 5.74) is 3.60. The predicted molar refractivity (Wildman–Crippen MR) is 142 cm³/mol. The summed E-state index contributed by atoms with van der Waals surface area (Å²) >= 11 is 5.92. The van der Waals surface area contributed by atoms with Crippen LogP contribution in [0, 0.1) is 11.8 Å². The van der Waals surface area contributed by atoms with E-state index >= 15 is 0 Å². The zero-order valence-electron chi connectivity index (χ0n) is 19.6. The molecule has 1 fully saturated rings. The van der Waals surface area contributed by atoms with Gasteiger partial charge in [-0.1, -0.05) is 23.4 Å². The van der Waals surface area contributed by atoms with Gasteiger partial charge >= 0.3 is 0 Å². The number of halogens is 1. The number of hydrogen-bond acceptors (Lipinski definition) is 6. The van der Waals surface area contributed by atoms with E-state index in [0.717, 1.165) is 42.8 Å². The molecule has 5 rings (SSSR count). The van der Waals surface area contributed by atoms with E-state index in [1.807, 2.05) is 24.3 Å². The number of nitrogens with one attached hydrogen (secondary N) is 1. The standard InChI is InChI=1S/C27H25ClN6O/c1-32-13-15-34(16-14-32)24-11-9-23(10-12-24)30-27-29-18-21-17-20(26(35)33(2)25(21)31-27)6-3-19-4-7-22(28)8-5-19/h4-5,7-12,17-18H,13-16H2,1-2H3,(H,29,30,31). The monoisotopic (exact) mass is 484 g/mol. The smallest absolute Gasteiger partial charge is 0.267 e. The van der Waals surface area contributed by atoms with Gasteiger partial charge in [0.25, 0.3) is 5.56 Å². The van der Waals surface area contributed by atoms with Crippen LogP contribution in [-0.4, -0.2) is 52.7 Å². The second-order valence-electron chi connectivity index (χ2n) is 8.61. The maximum absolute atomic E-state index is 12.9. The van der Waals surface area contributed by atoms with Gasteiger partial charge < -0.3 is 15.1 Å². The van der Waals surface area contributed by atoms with Gasteiger partial charge in [-0.15, -0.1) is 0 Å². The normalized spacial score (nSPS) is 14.0. The fourth-order valence-electron chi connectivity index (χ4n) is 4.02. The minimum absolute atomic E-state index is 0.208. The SMILES string of the molecule is CN1CCN(c2ccc(Nc3ncc4cc(C#Cc5ccc(Cl)cc5)c(=O)n(C)c4n3)cc2)CC1.